The molecule has 0 aliphatic heterocycles. The summed E-state index contributed by atoms with van der Waals surface area (Å²) >= 11 is 0. The highest BCUT2D eigenvalue weighted by molar-refractivity contribution is 5.26. The normalized spacial score (nSPS) is 12.4. The van der Waals surface area contributed by atoms with Gasteiger partial charge >= 0.3 is 0 Å². The number of likely N-dealkylation sites (N-methyl/N-ethyl adjacent to an activating group) is 1. The Balaban J connectivity index is 2.63. The smallest absolute Gasteiger partial charge is 0.137 e. The predicted molar refractivity (Wildman–Crippen MR) is 68.3 cm³/mol. The molecule has 1 unspecified atom stereocenters. The first kappa shape index (κ1) is 13.9. The zero-order valence-electron chi connectivity index (χ0n) is 10.9. The summed E-state index contributed by atoms with van der Waals surface area (Å²) in [5.74, 6) is 0.806. The Morgan fingerprint density at radius 3 is 2.82 bits per heavy atom. The van der Waals surface area contributed by atoms with E-state index in [1.165, 1.54) is 0 Å². The Hall–Kier alpha value is -1.13. The lowest BCUT2D eigenvalue weighted by molar-refractivity contribution is 0.114. The van der Waals surface area contributed by atoms with Gasteiger partial charge in [0.05, 0.1) is 25.5 Å². The molecule has 96 valence electrons. The van der Waals surface area contributed by atoms with E-state index in [2.05, 4.69) is 17.2 Å². The van der Waals surface area contributed by atoms with Crippen molar-refractivity contribution in [1.29, 1.82) is 0 Å². The van der Waals surface area contributed by atoms with Crippen molar-refractivity contribution in [2.24, 2.45) is 0 Å². The molecule has 1 aromatic heterocycles. The van der Waals surface area contributed by atoms with E-state index in [1.807, 2.05) is 26.2 Å². The van der Waals surface area contributed by atoms with Crippen LogP contribution in [0.15, 0.2) is 18.5 Å². The molecule has 0 spiro atoms. The average Bonchev–Trinajstić information content (AvgIpc) is 2.35. The van der Waals surface area contributed by atoms with Gasteiger partial charge < -0.3 is 14.8 Å². The minimum Gasteiger partial charge on any atom is -0.492 e. The van der Waals surface area contributed by atoms with Gasteiger partial charge in [0.15, 0.2) is 0 Å². The fourth-order valence-electron chi connectivity index (χ4n) is 1.56. The SMILES string of the molecule is CCCOCC(NC)c1cncc(OCC)c1. The van der Waals surface area contributed by atoms with Crippen molar-refractivity contribution in [2.75, 3.05) is 26.9 Å². The Morgan fingerprint density at radius 1 is 1.35 bits per heavy atom. The summed E-state index contributed by atoms with van der Waals surface area (Å²) < 4.78 is 11.0. The van der Waals surface area contributed by atoms with Crippen molar-refractivity contribution in [3.8, 4) is 5.75 Å². The topological polar surface area (TPSA) is 43.4 Å². The largest absolute Gasteiger partial charge is 0.492 e. The molecule has 0 saturated carbocycles. The van der Waals surface area contributed by atoms with Crippen LogP contribution < -0.4 is 10.1 Å². The average molecular weight is 238 g/mol. The van der Waals surface area contributed by atoms with Gasteiger partial charge in [0, 0.05) is 12.8 Å². The molecule has 1 rings (SSSR count). The molecule has 1 atom stereocenters. The van der Waals surface area contributed by atoms with Crippen molar-refractivity contribution >= 4 is 0 Å². The summed E-state index contributed by atoms with van der Waals surface area (Å²) in [6.07, 6.45) is 4.61. The number of rotatable bonds is 8. The summed E-state index contributed by atoms with van der Waals surface area (Å²) in [5.41, 5.74) is 1.09. The Labute approximate surface area is 103 Å². The van der Waals surface area contributed by atoms with Crippen LogP contribution in [-0.4, -0.2) is 31.9 Å². The lowest BCUT2D eigenvalue weighted by Crippen LogP contribution is -2.22. The van der Waals surface area contributed by atoms with Crippen LogP contribution in [-0.2, 0) is 4.74 Å². The summed E-state index contributed by atoms with van der Waals surface area (Å²) in [5, 5.41) is 3.23. The quantitative estimate of drug-likeness (QED) is 0.705. The second-order valence-corrected chi connectivity index (χ2v) is 3.80. The van der Waals surface area contributed by atoms with Gasteiger partial charge in [-0.25, -0.2) is 0 Å². The van der Waals surface area contributed by atoms with Crippen LogP contribution >= 0.6 is 0 Å². The summed E-state index contributed by atoms with van der Waals surface area (Å²) in [7, 11) is 1.92. The number of pyridine rings is 1. The Kier molecular flexibility index (Phi) is 6.58. The van der Waals surface area contributed by atoms with Crippen LogP contribution in [0.3, 0.4) is 0 Å². The van der Waals surface area contributed by atoms with Crippen LogP contribution in [0.4, 0.5) is 0 Å². The van der Waals surface area contributed by atoms with E-state index < -0.39 is 0 Å². The third-order valence-corrected chi connectivity index (χ3v) is 2.43. The molecular weight excluding hydrogens is 216 g/mol. The van der Waals surface area contributed by atoms with Gasteiger partial charge in [-0.3, -0.25) is 4.98 Å². The second-order valence-electron chi connectivity index (χ2n) is 3.80. The number of aromatic nitrogens is 1. The maximum atomic E-state index is 5.56. The number of hydrogen-bond acceptors (Lipinski definition) is 4. The van der Waals surface area contributed by atoms with Crippen LogP contribution in [0.25, 0.3) is 0 Å². The van der Waals surface area contributed by atoms with Gasteiger partial charge in [-0.2, -0.15) is 0 Å². The Morgan fingerprint density at radius 2 is 2.18 bits per heavy atom. The first-order valence-corrected chi connectivity index (χ1v) is 6.14. The van der Waals surface area contributed by atoms with E-state index >= 15 is 0 Å². The molecule has 1 heterocycles. The molecule has 17 heavy (non-hydrogen) atoms. The molecule has 0 bridgehead atoms. The second kappa shape index (κ2) is 8.03. The van der Waals surface area contributed by atoms with E-state index in [0.717, 1.165) is 24.3 Å². The molecule has 0 aliphatic carbocycles. The molecule has 0 amide bonds. The first-order chi connectivity index (χ1) is 8.31. The van der Waals surface area contributed by atoms with Crippen LogP contribution in [0.1, 0.15) is 31.9 Å². The molecule has 0 radical (unpaired) electrons. The number of hydrogen-bond donors (Lipinski definition) is 1. The van der Waals surface area contributed by atoms with Gasteiger partial charge in [-0.15, -0.1) is 0 Å². The highest BCUT2D eigenvalue weighted by Gasteiger charge is 2.10. The first-order valence-electron chi connectivity index (χ1n) is 6.14. The van der Waals surface area contributed by atoms with Crippen LogP contribution in [0.2, 0.25) is 0 Å². The lowest BCUT2D eigenvalue weighted by atomic mass is 10.1. The minimum atomic E-state index is 0.162. The summed E-state index contributed by atoms with van der Waals surface area (Å²) in [6.45, 7) is 6.16. The van der Waals surface area contributed by atoms with Crippen molar-refractivity contribution in [1.82, 2.24) is 10.3 Å². The number of ether oxygens (including phenoxy) is 2. The van der Waals surface area contributed by atoms with E-state index in [1.54, 1.807) is 6.20 Å². The fourth-order valence-corrected chi connectivity index (χ4v) is 1.56. The summed E-state index contributed by atoms with van der Waals surface area (Å²) in [4.78, 5) is 4.18. The van der Waals surface area contributed by atoms with Gasteiger partial charge in [0.25, 0.3) is 0 Å². The number of nitrogens with zero attached hydrogens (tertiary/aromatic N) is 1. The van der Waals surface area contributed by atoms with E-state index in [4.69, 9.17) is 9.47 Å². The van der Waals surface area contributed by atoms with Gasteiger partial charge in [-0.05, 0) is 32.0 Å². The van der Waals surface area contributed by atoms with E-state index in [9.17, 15) is 0 Å². The van der Waals surface area contributed by atoms with Gasteiger partial charge in [0.2, 0.25) is 0 Å². The molecular formula is C13H22N2O2. The molecule has 0 saturated heterocycles. The van der Waals surface area contributed by atoms with Crippen molar-refractivity contribution in [3.63, 3.8) is 0 Å². The Bertz CT molecular complexity index is 318. The highest BCUT2D eigenvalue weighted by atomic mass is 16.5. The number of nitrogens with one attached hydrogen (secondary N) is 1. The lowest BCUT2D eigenvalue weighted by Gasteiger charge is -2.17. The van der Waals surface area contributed by atoms with Crippen LogP contribution in [0.5, 0.6) is 5.75 Å². The molecule has 1 aromatic rings. The molecule has 1 N–H and O–H groups in total. The van der Waals surface area contributed by atoms with E-state index in [0.29, 0.717) is 13.2 Å². The molecule has 0 aromatic carbocycles. The van der Waals surface area contributed by atoms with Crippen molar-refractivity contribution < 1.29 is 9.47 Å². The zero-order chi connectivity index (χ0) is 12.5. The molecule has 0 fully saturated rings. The molecule has 4 heteroatoms. The fraction of sp³-hybridized carbons (Fsp3) is 0.615. The van der Waals surface area contributed by atoms with Crippen molar-refractivity contribution in [3.05, 3.63) is 24.0 Å². The van der Waals surface area contributed by atoms with Gasteiger partial charge in [0.1, 0.15) is 5.75 Å². The monoisotopic (exact) mass is 238 g/mol. The zero-order valence-corrected chi connectivity index (χ0v) is 10.9. The third kappa shape index (κ3) is 4.71. The molecule has 0 aliphatic rings. The molecule has 4 nitrogen and oxygen atoms in total. The van der Waals surface area contributed by atoms with Crippen LogP contribution in [0, 0.1) is 0 Å². The standard InChI is InChI=1S/C13H22N2O2/c1-4-6-16-10-13(14-3)11-7-12(17-5-2)9-15-8-11/h7-9,13-14H,4-6,10H2,1-3H3. The predicted octanol–water partition coefficient (Wildman–Crippen LogP) is 2.17. The summed E-state index contributed by atoms with van der Waals surface area (Å²) in [6, 6.07) is 2.17. The third-order valence-electron chi connectivity index (χ3n) is 2.43. The van der Waals surface area contributed by atoms with E-state index in [-0.39, 0.29) is 6.04 Å². The maximum Gasteiger partial charge on any atom is 0.137 e. The van der Waals surface area contributed by atoms with Crippen molar-refractivity contribution in [2.45, 2.75) is 26.3 Å². The minimum absolute atomic E-state index is 0.162. The highest BCUT2D eigenvalue weighted by Crippen LogP contribution is 2.18. The van der Waals surface area contributed by atoms with Gasteiger partial charge in [-0.1, -0.05) is 6.92 Å². The maximum absolute atomic E-state index is 5.56.